The molecular formula is C21H28N2OS. The second kappa shape index (κ2) is 6.83. The zero-order valence-corrected chi connectivity index (χ0v) is 16.7. The monoisotopic (exact) mass is 356 g/mol. The van der Waals surface area contributed by atoms with Gasteiger partial charge in [-0.15, -0.1) is 11.3 Å². The number of thiophene rings is 1. The second-order valence-corrected chi connectivity index (χ2v) is 9.28. The summed E-state index contributed by atoms with van der Waals surface area (Å²) in [5.41, 5.74) is 5.93. The second-order valence-electron chi connectivity index (χ2n) is 8.28. The number of amides is 1. The molecule has 0 saturated carbocycles. The Morgan fingerprint density at radius 1 is 1.24 bits per heavy atom. The summed E-state index contributed by atoms with van der Waals surface area (Å²) in [6.45, 7) is 12.5. The molecule has 0 saturated heterocycles. The normalized spacial score (nSPS) is 14.4. The maximum absolute atomic E-state index is 12.3. The van der Waals surface area contributed by atoms with Crippen molar-refractivity contribution >= 4 is 28.6 Å². The average molecular weight is 357 g/mol. The maximum atomic E-state index is 12.3. The van der Waals surface area contributed by atoms with Crippen molar-refractivity contribution in [2.45, 2.75) is 54.0 Å². The van der Waals surface area contributed by atoms with Crippen LogP contribution in [0, 0.1) is 19.3 Å². The van der Waals surface area contributed by atoms with Crippen molar-refractivity contribution in [2.75, 3.05) is 16.8 Å². The number of aryl methyl sites for hydroxylation is 2. The van der Waals surface area contributed by atoms with Gasteiger partial charge < -0.3 is 10.2 Å². The summed E-state index contributed by atoms with van der Waals surface area (Å²) in [5, 5.41) is 5.31. The fraction of sp³-hybridized carbons (Fsp3) is 0.476. The van der Waals surface area contributed by atoms with E-state index < -0.39 is 0 Å². The minimum absolute atomic E-state index is 0.00211. The van der Waals surface area contributed by atoms with Crippen LogP contribution < -0.4 is 10.2 Å². The molecule has 0 unspecified atom stereocenters. The number of nitrogens with one attached hydrogen (secondary N) is 1. The molecule has 0 bridgehead atoms. The Hall–Kier alpha value is -1.81. The molecule has 25 heavy (non-hydrogen) atoms. The van der Waals surface area contributed by atoms with Gasteiger partial charge in [0.05, 0.1) is 0 Å². The van der Waals surface area contributed by atoms with Crippen molar-refractivity contribution < 1.29 is 4.79 Å². The van der Waals surface area contributed by atoms with Gasteiger partial charge in [0, 0.05) is 35.8 Å². The minimum atomic E-state index is -0.00211. The van der Waals surface area contributed by atoms with Crippen LogP contribution in [0.2, 0.25) is 0 Å². The van der Waals surface area contributed by atoms with Gasteiger partial charge in [-0.25, -0.2) is 0 Å². The van der Waals surface area contributed by atoms with E-state index in [1.165, 1.54) is 16.1 Å². The lowest BCUT2D eigenvalue weighted by Gasteiger charge is -2.30. The van der Waals surface area contributed by atoms with Gasteiger partial charge in [0.25, 0.3) is 0 Å². The first-order chi connectivity index (χ1) is 11.7. The topological polar surface area (TPSA) is 32.3 Å². The van der Waals surface area contributed by atoms with Gasteiger partial charge in [-0.2, -0.15) is 0 Å². The number of hydrogen-bond acceptors (Lipinski definition) is 3. The number of benzene rings is 1. The standard InChI is InChI=1S/C21H28N2OS/c1-14-10-17(23-8-6-18-16(13-23)7-9-25-18)11-15(2)20(14)22-19(24)12-21(3,4)5/h7,9-11H,6,8,12-13H2,1-5H3,(H,22,24). The summed E-state index contributed by atoms with van der Waals surface area (Å²) in [7, 11) is 0. The smallest absolute Gasteiger partial charge is 0.224 e. The molecule has 0 radical (unpaired) electrons. The number of fused-ring (bicyclic) bond motifs is 1. The summed E-state index contributed by atoms with van der Waals surface area (Å²) in [4.78, 5) is 16.3. The van der Waals surface area contributed by atoms with Crippen LogP contribution in [0.5, 0.6) is 0 Å². The quantitative estimate of drug-likeness (QED) is 0.809. The highest BCUT2D eigenvalue weighted by molar-refractivity contribution is 7.10. The fourth-order valence-corrected chi connectivity index (χ4v) is 4.34. The van der Waals surface area contributed by atoms with Crippen LogP contribution in [-0.2, 0) is 17.8 Å². The number of hydrogen-bond donors (Lipinski definition) is 1. The number of anilines is 2. The van der Waals surface area contributed by atoms with E-state index in [1.807, 2.05) is 11.3 Å². The van der Waals surface area contributed by atoms with E-state index in [9.17, 15) is 4.79 Å². The number of nitrogens with zero attached hydrogens (tertiary/aromatic N) is 1. The Morgan fingerprint density at radius 2 is 1.92 bits per heavy atom. The van der Waals surface area contributed by atoms with Crippen LogP contribution in [-0.4, -0.2) is 12.5 Å². The largest absolute Gasteiger partial charge is 0.367 e. The molecule has 1 aliphatic rings. The van der Waals surface area contributed by atoms with Crippen LogP contribution in [0.4, 0.5) is 11.4 Å². The third-order valence-corrected chi connectivity index (χ3v) is 5.67. The molecule has 3 rings (SSSR count). The van der Waals surface area contributed by atoms with Gasteiger partial charge in [-0.1, -0.05) is 20.8 Å². The SMILES string of the molecule is Cc1cc(N2CCc3sccc3C2)cc(C)c1NC(=O)CC(C)(C)C. The third-order valence-electron chi connectivity index (χ3n) is 4.65. The lowest BCUT2D eigenvalue weighted by molar-refractivity contribution is -0.117. The highest BCUT2D eigenvalue weighted by Crippen LogP contribution is 2.32. The molecule has 1 aromatic heterocycles. The average Bonchev–Trinajstić information content (AvgIpc) is 2.96. The van der Waals surface area contributed by atoms with Crippen molar-refractivity contribution in [3.05, 3.63) is 45.1 Å². The van der Waals surface area contributed by atoms with Crippen LogP contribution >= 0.6 is 11.3 Å². The third kappa shape index (κ3) is 4.24. The molecule has 4 heteroatoms. The van der Waals surface area contributed by atoms with E-state index in [0.29, 0.717) is 6.42 Å². The Labute approximate surface area is 155 Å². The van der Waals surface area contributed by atoms with E-state index in [4.69, 9.17) is 0 Å². The van der Waals surface area contributed by atoms with Crippen LogP contribution in [0.15, 0.2) is 23.6 Å². The van der Waals surface area contributed by atoms with Gasteiger partial charge in [0.2, 0.25) is 5.91 Å². The Bertz CT molecular complexity index is 762. The lowest BCUT2D eigenvalue weighted by atomic mass is 9.92. The molecule has 0 spiro atoms. The van der Waals surface area contributed by atoms with Gasteiger partial charge in [0.1, 0.15) is 0 Å². The molecular weight excluding hydrogens is 328 g/mol. The molecule has 1 amide bonds. The summed E-state index contributed by atoms with van der Waals surface area (Å²) in [6.07, 6.45) is 1.65. The predicted octanol–water partition coefficient (Wildman–Crippen LogP) is 5.30. The van der Waals surface area contributed by atoms with Crippen LogP contribution in [0.3, 0.4) is 0 Å². The van der Waals surface area contributed by atoms with Crippen LogP contribution in [0.25, 0.3) is 0 Å². The predicted molar refractivity (Wildman–Crippen MR) is 108 cm³/mol. The first-order valence-corrected chi connectivity index (χ1v) is 9.82. The molecule has 1 aliphatic heterocycles. The lowest BCUT2D eigenvalue weighted by Crippen LogP contribution is -2.29. The molecule has 0 fully saturated rings. The first-order valence-electron chi connectivity index (χ1n) is 8.94. The zero-order chi connectivity index (χ0) is 18.2. The molecule has 134 valence electrons. The van der Waals surface area contributed by atoms with Crippen molar-refractivity contribution in [1.29, 1.82) is 0 Å². The summed E-state index contributed by atoms with van der Waals surface area (Å²) >= 11 is 1.87. The maximum Gasteiger partial charge on any atom is 0.224 e. The minimum Gasteiger partial charge on any atom is -0.367 e. The van der Waals surface area contributed by atoms with E-state index >= 15 is 0 Å². The molecule has 2 aromatic rings. The van der Waals surface area contributed by atoms with Gasteiger partial charge in [-0.05, 0) is 66.0 Å². The molecule has 0 atom stereocenters. The highest BCUT2D eigenvalue weighted by Gasteiger charge is 2.20. The van der Waals surface area contributed by atoms with E-state index in [-0.39, 0.29) is 11.3 Å². The Kier molecular flexibility index (Phi) is 4.92. The van der Waals surface area contributed by atoms with E-state index in [2.05, 4.69) is 68.4 Å². The summed E-state index contributed by atoms with van der Waals surface area (Å²) in [5.74, 6) is 0.0901. The molecule has 0 aliphatic carbocycles. The van der Waals surface area contributed by atoms with E-state index in [1.54, 1.807) is 0 Å². The Morgan fingerprint density at radius 3 is 2.56 bits per heavy atom. The van der Waals surface area contributed by atoms with Gasteiger partial charge in [0.15, 0.2) is 0 Å². The van der Waals surface area contributed by atoms with Crippen molar-refractivity contribution in [3.63, 3.8) is 0 Å². The van der Waals surface area contributed by atoms with E-state index in [0.717, 1.165) is 36.3 Å². The molecule has 3 nitrogen and oxygen atoms in total. The van der Waals surface area contributed by atoms with Crippen molar-refractivity contribution in [2.24, 2.45) is 5.41 Å². The van der Waals surface area contributed by atoms with Crippen molar-refractivity contribution in [3.8, 4) is 0 Å². The number of carbonyl (C=O) groups excluding carboxylic acids is 1. The van der Waals surface area contributed by atoms with Crippen LogP contribution in [0.1, 0.15) is 48.8 Å². The number of carbonyl (C=O) groups is 1. The first kappa shape index (κ1) is 18.0. The highest BCUT2D eigenvalue weighted by atomic mass is 32.1. The van der Waals surface area contributed by atoms with Gasteiger partial charge in [-0.3, -0.25) is 4.79 Å². The Balaban J connectivity index is 1.78. The fourth-order valence-electron chi connectivity index (χ4n) is 3.45. The molecule has 2 heterocycles. The molecule has 1 aromatic carbocycles. The number of rotatable bonds is 3. The summed E-state index contributed by atoms with van der Waals surface area (Å²) < 4.78 is 0. The van der Waals surface area contributed by atoms with Crippen molar-refractivity contribution in [1.82, 2.24) is 0 Å². The summed E-state index contributed by atoms with van der Waals surface area (Å²) in [6, 6.07) is 6.65. The van der Waals surface area contributed by atoms with Gasteiger partial charge >= 0.3 is 0 Å². The molecule has 1 N–H and O–H groups in total. The zero-order valence-electron chi connectivity index (χ0n) is 15.9.